The number of nitrogens with zero attached hydrogens (tertiary/aromatic N) is 3. The lowest BCUT2D eigenvalue weighted by Crippen LogP contribution is -2.50. The minimum absolute atomic E-state index is 0.655. The molecule has 0 unspecified atom stereocenters. The lowest BCUT2D eigenvalue weighted by atomic mass is 10.2. The van der Waals surface area contributed by atoms with E-state index >= 15 is 0 Å². The summed E-state index contributed by atoms with van der Waals surface area (Å²) in [5.74, 6) is 1.11. The lowest BCUT2D eigenvalue weighted by Gasteiger charge is -2.33. The van der Waals surface area contributed by atoms with Crippen molar-refractivity contribution in [1.82, 2.24) is 19.8 Å². The quantitative estimate of drug-likeness (QED) is 0.784. The van der Waals surface area contributed by atoms with E-state index < -0.39 is 0 Å². The first-order valence-corrected chi connectivity index (χ1v) is 5.70. The fraction of sp³-hybridized carbons (Fsp3) is 0.727. The molecule has 1 aliphatic heterocycles. The van der Waals surface area contributed by atoms with E-state index in [4.69, 9.17) is 0 Å². The van der Waals surface area contributed by atoms with Gasteiger partial charge in [0.2, 0.25) is 0 Å². The Kier molecular flexibility index (Phi) is 3.38. The molecule has 0 aromatic carbocycles. The average Bonchev–Trinajstić information content (AvgIpc) is 2.63. The molecule has 1 aromatic heterocycles. The molecule has 0 radical (unpaired) electrons. The zero-order valence-electron chi connectivity index (χ0n) is 9.61. The third-order valence-electron chi connectivity index (χ3n) is 3.19. The van der Waals surface area contributed by atoms with E-state index in [-0.39, 0.29) is 0 Å². The molecule has 2 heterocycles. The fourth-order valence-corrected chi connectivity index (χ4v) is 2.09. The molecule has 1 atom stereocenters. The number of rotatable bonds is 3. The van der Waals surface area contributed by atoms with Crippen molar-refractivity contribution < 1.29 is 0 Å². The normalized spacial score (nSPS) is 23.2. The predicted octanol–water partition coefficient (Wildman–Crippen LogP) is 0.485. The summed E-state index contributed by atoms with van der Waals surface area (Å²) in [5.41, 5.74) is 0. The van der Waals surface area contributed by atoms with Gasteiger partial charge in [-0.3, -0.25) is 4.90 Å². The van der Waals surface area contributed by atoms with Crippen LogP contribution in [0, 0.1) is 6.92 Å². The summed E-state index contributed by atoms with van der Waals surface area (Å²) in [5, 5.41) is 3.41. The molecule has 0 spiro atoms. The van der Waals surface area contributed by atoms with Gasteiger partial charge < -0.3 is 9.88 Å². The van der Waals surface area contributed by atoms with Crippen molar-refractivity contribution in [3.8, 4) is 0 Å². The molecule has 1 saturated heterocycles. The second kappa shape index (κ2) is 4.77. The van der Waals surface area contributed by atoms with Gasteiger partial charge in [-0.25, -0.2) is 4.98 Å². The van der Waals surface area contributed by atoms with Crippen LogP contribution in [0.1, 0.15) is 12.7 Å². The average molecular weight is 208 g/mol. The number of hydrogen-bond donors (Lipinski definition) is 1. The van der Waals surface area contributed by atoms with Gasteiger partial charge in [0.25, 0.3) is 0 Å². The summed E-state index contributed by atoms with van der Waals surface area (Å²) >= 11 is 0. The van der Waals surface area contributed by atoms with Crippen LogP contribution >= 0.6 is 0 Å². The Hall–Kier alpha value is -0.870. The zero-order chi connectivity index (χ0) is 10.7. The minimum atomic E-state index is 0.655. The van der Waals surface area contributed by atoms with Crippen molar-refractivity contribution in [2.75, 3.05) is 26.2 Å². The van der Waals surface area contributed by atoms with Crippen LogP contribution in [0.25, 0.3) is 0 Å². The largest absolute Gasteiger partial charge is 0.334 e. The van der Waals surface area contributed by atoms with Crippen LogP contribution in [0.4, 0.5) is 0 Å². The molecule has 1 fully saturated rings. The minimum Gasteiger partial charge on any atom is -0.334 e. The van der Waals surface area contributed by atoms with Gasteiger partial charge in [-0.1, -0.05) is 0 Å². The van der Waals surface area contributed by atoms with Gasteiger partial charge in [-0.05, 0) is 13.8 Å². The maximum atomic E-state index is 4.23. The molecule has 84 valence electrons. The number of nitrogens with one attached hydrogen (secondary N) is 1. The van der Waals surface area contributed by atoms with Gasteiger partial charge in [0, 0.05) is 51.2 Å². The monoisotopic (exact) mass is 208 g/mol. The second-order valence-corrected chi connectivity index (χ2v) is 4.26. The van der Waals surface area contributed by atoms with Crippen molar-refractivity contribution in [1.29, 1.82) is 0 Å². The first-order chi connectivity index (χ1) is 7.27. The smallest absolute Gasteiger partial charge is 0.105 e. The van der Waals surface area contributed by atoms with Gasteiger partial charge in [-0.2, -0.15) is 0 Å². The van der Waals surface area contributed by atoms with Crippen molar-refractivity contribution in [2.24, 2.45) is 0 Å². The Morgan fingerprint density at radius 1 is 1.53 bits per heavy atom. The van der Waals surface area contributed by atoms with Crippen LogP contribution in [-0.2, 0) is 6.54 Å². The summed E-state index contributed by atoms with van der Waals surface area (Å²) < 4.78 is 2.22. The van der Waals surface area contributed by atoms with Crippen LogP contribution in [0.5, 0.6) is 0 Å². The SMILES string of the molecule is Cc1nccn1CCN1CCNC[C@H]1C. The molecule has 1 aromatic rings. The van der Waals surface area contributed by atoms with Crippen LogP contribution in [0.3, 0.4) is 0 Å². The first kappa shape index (κ1) is 10.6. The molecule has 0 bridgehead atoms. The summed E-state index contributed by atoms with van der Waals surface area (Å²) in [7, 11) is 0. The van der Waals surface area contributed by atoms with E-state index in [0.29, 0.717) is 6.04 Å². The summed E-state index contributed by atoms with van der Waals surface area (Å²) in [6.07, 6.45) is 3.93. The molecule has 4 heteroatoms. The Labute approximate surface area is 91.3 Å². The highest BCUT2D eigenvalue weighted by Gasteiger charge is 2.17. The van der Waals surface area contributed by atoms with E-state index in [0.717, 1.165) is 38.5 Å². The number of aromatic nitrogens is 2. The van der Waals surface area contributed by atoms with E-state index in [1.54, 1.807) is 0 Å². The number of piperazine rings is 1. The molecule has 0 aliphatic carbocycles. The van der Waals surface area contributed by atoms with Crippen molar-refractivity contribution >= 4 is 0 Å². The Morgan fingerprint density at radius 3 is 3.07 bits per heavy atom. The van der Waals surface area contributed by atoms with Crippen LogP contribution < -0.4 is 5.32 Å². The summed E-state index contributed by atoms with van der Waals surface area (Å²) in [6, 6.07) is 0.655. The zero-order valence-corrected chi connectivity index (χ0v) is 9.61. The maximum Gasteiger partial charge on any atom is 0.105 e. The van der Waals surface area contributed by atoms with Gasteiger partial charge in [0.1, 0.15) is 5.82 Å². The molecule has 1 aliphatic rings. The van der Waals surface area contributed by atoms with Gasteiger partial charge in [0.15, 0.2) is 0 Å². The molecule has 0 saturated carbocycles. The number of imidazole rings is 1. The summed E-state index contributed by atoms with van der Waals surface area (Å²) in [4.78, 5) is 6.77. The highest BCUT2D eigenvalue weighted by atomic mass is 15.2. The third-order valence-corrected chi connectivity index (χ3v) is 3.19. The van der Waals surface area contributed by atoms with Gasteiger partial charge >= 0.3 is 0 Å². The van der Waals surface area contributed by atoms with Gasteiger partial charge in [0.05, 0.1) is 0 Å². The van der Waals surface area contributed by atoms with Crippen molar-refractivity contribution in [3.63, 3.8) is 0 Å². The molecule has 15 heavy (non-hydrogen) atoms. The lowest BCUT2D eigenvalue weighted by molar-refractivity contribution is 0.167. The third kappa shape index (κ3) is 2.58. The number of hydrogen-bond acceptors (Lipinski definition) is 3. The molecule has 0 amide bonds. The molecular formula is C11H20N4. The highest BCUT2D eigenvalue weighted by molar-refractivity contribution is 4.89. The standard InChI is InChI=1S/C11H20N4/c1-10-9-12-3-5-14(10)7-8-15-6-4-13-11(15)2/h4,6,10,12H,3,5,7-9H2,1-2H3/t10-/m1/s1. The van der Waals surface area contributed by atoms with E-state index in [1.165, 1.54) is 0 Å². The van der Waals surface area contributed by atoms with Crippen molar-refractivity contribution in [2.45, 2.75) is 26.4 Å². The Balaban J connectivity index is 1.84. The van der Waals surface area contributed by atoms with Crippen LogP contribution in [-0.4, -0.2) is 46.7 Å². The Bertz CT molecular complexity index is 307. The summed E-state index contributed by atoms with van der Waals surface area (Å²) in [6.45, 7) is 9.91. The molecule has 1 N–H and O–H groups in total. The van der Waals surface area contributed by atoms with E-state index in [1.807, 2.05) is 6.20 Å². The van der Waals surface area contributed by atoms with Crippen LogP contribution in [0.15, 0.2) is 12.4 Å². The first-order valence-electron chi connectivity index (χ1n) is 5.70. The fourth-order valence-electron chi connectivity index (χ4n) is 2.09. The topological polar surface area (TPSA) is 33.1 Å². The molecule has 2 rings (SSSR count). The predicted molar refractivity (Wildman–Crippen MR) is 60.9 cm³/mol. The molecular weight excluding hydrogens is 188 g/mol. The van der Waals surface area contributed by atoms with Crippen molar-refractivity contribution in [3.05, 3.63) is 18.2 Å². The molecule has 4 nitrogen and oxygen atoms in total. The number of aryl methyl sites for hydroxylation is 1. The van der Waals surface area contributed by atoms with E-state index in [2.05, 4.69) is 39.8 Å². The van der Waals surface area contributed by atoms with E-state index in [9.17, 15) is 0 Å². The second-order valence-electron chi connectivity index (χ2n) is 4.26. The van der Waals surface area contributed by atoms with Gasteiger partial charge in [-0.15, -0.1) is 0 Å². The van der Waals surface area contributed by atoms with Crippen LogP contribution in [0.2, 0.25) is 0 Å². The Morgan fingerprint density at radius 2 is 2.40 bits per heavy atom. The maximum absolute atomic E-state index is 4.23. The highest BCUT2D eigenvalue weighted by Crippen LogP contribution is 2.03.